The van der Waals surface area contributed by atoms with Gasteiger partial charge in [-0.3, -0.25) is 4.79 Å². The first-order valence-corrected chi connectivity index (χ1v) is 8.44. The van der Waals surface area contributed by atoms with E-state index >= 15 is 0 Å². The van der Waals surface area contributed by atoms with Gasteiger partial charge < -0.3 is 15.5 Å². The number of carbonyl (C=O) groups excluding carboxylic acids is 1. The van der Waals surface area contributed by atoms with E-state index in [0.717, 1.165) is 10.1 Å². The Morgan fingerprint density at radius 1 is 1.08 bits per heavy atom. The zero-order valence-electron chi connectivity index (χ0n) is 13.8. The lowest BCUT2D eigenvalue weighted by atomic mass is 9.86. The summed E-state index contributed by atoms with van der Waals surface area (Å²) in [6, 6.07) is 12.7. The van der Waals surface area contributed by atoms with Crippen LogP contribution in [0.15, 0.2) is 42.5 Å². The molecule has 5 heteroatoms. The summed E-state index contributed by atoms with van der Waals surface area (Å²) in [6.45, 7) is 5.87. The van der Waals surface area contributed by atoms with Crippen molar-refractivity contribution in [3.05, 3.63) is 52.9 Å². The molecule has 124 valence electrons. The lowest BCUT2D eigenvalue weighted by Crippen LogP contribution is -2.14. The third-order valence-corrected chi connectivity index (χ3v) is 4.97. The van der Waals surface area contributed by atoms with Gasteiger partial charge in [-0.15, -0.1) is 11.3 Å². The number of phenolic OH excluding ortho intramolecular Hbond substituents is 2. The van der Waals surface area contributed by atoms with E-state index in [1.807, 2.05) is 45.0 Å². The maximum absolute atomic E-state index is 12.5. The number of aromatic hydroxyl groups is 2. The third-order valence-electron chi connectivity index (χ3n) is 3.85. The normalized spacial score (nSPS) is 11.6. The zero-order chi connectivity index (χ0) is 17.5. The Bertz CT molecular complexity index is 889. The summed E-state index contributed by atoms with van der Waals surface area (Å²) in [7, 11) is 0. The van der Waals surface area contributed by atoms with Crippen LogP contribution < -0.4 is 5.32 Å². The molecule has 0 spiro atoms. The van der Waals surface area contributed by atoms with Gasteiger partial charge in [-0.1, -0.05) is 45.0 Å². The van der Waals surface area contributed by atoms with Crippen LogP contribution in [0, 0.1) is 0 Å². The fourth-order valence-corrected chi connectivity index (χ4v) is 3.54. The molecule has 2 aromatic carbocycles. The van der Waals surface area contributed by atoms with E-state index in [2.05, 4.69) is 5.32 Å². The number of carbonyl (C=O) groups is 1. The number of hydrogen-bond donors (Lipinski definition) is 3. The molecule has 1 aromatic heterocycles. The van der Waals surface area contributed by atoms with Gasteiger partial charge in [0.25, 0.3) is 5.91 Å². The summed E-state index contributed by atoms with van der Waals surface area (Å²) in [6.07, 6.45) is 0. The lowest BCUT2D eigenvalue weighted by molar-refractivity contribution is 0.102. The van der Waals surface area contributed by atoms with E-state index in [1.54, 1.807) is 12.1 Å². The van der Waals surface area contributed by atoms with E-state index in [1.165, 1.54) is 17.4 Å². The Kier molecular flexibility index (Phi) is 3.97. The molecule has 3 aromatic rings. The highest BCUT2D eigenvalue weighted by atomic mass is 32.1. The topological polar surface area (TPSA) is 69.6 Å². The first kappa shape index (κ1) is 16.3. The van der Waals surface area contributed by atoms with Gasteiger partial charge in [-0.25, -0.2) is 0 Å². The van der Waals surface area contributed by atoms with Crippen molar-refractivity contribution in [3.63, 3.8) is 0 Å². The molecule has 0 aliphatic rings. The van der Waals surface area contributed by atoms with Crippen LogP contribution in [0.1, 0.15) is 36.0 Å². The Labute approximate surface area is 144 Å². The fourth-order valence-electron chi connectivity index (χ4n) is 2.58. The minimum absolute atomic E-state index is 0.0462. The number of thiophene rings is 1. The molecular formula is C19H19NO3S. The standard InChI is InChI=1S/C19H19NO3S/c1-19(2,3)12-8-9-13(21)16(17(12)22)20-18(23)15-10-11-6-4-5-7-14(11)24-15/h4-10,21-22H,1-3H3,(H,20,23). The average molecular weight is 341 g/mol. The smallest absolute Gasteiger partial charge is 0.265 e. The van der Waals surface area contributed by atoms with E-state index in [-0.39, 0.29) is 28.5 Å². The Balaban J connectivity index is 1.97. The van der Waals surface area contributed by atoms with Gasteiger partial charge >= 0.3 is 0 Å². The van der Waals surface area contributed by atoms with Crippen molar-refractivity contribution in [2.75, 3.05) is 5.32 Å². The summed E-state index contributed by atoms with van der Waals surface area (Å²) in [5, 5.41) is 24.1. The van der Waals surface area contributed by atoms with Crippen LogP contribution in [-0.2, 0) is 5.41 Å². The minimum Gasteiger partial charge on any atom is -0.506 e. The van der Waals surface area contributed by atoms with Crippen molar-refractivity contribution in [2.24, 2.45) is 0 Å². The van der Waals surface area contributed by atoms with Crippen LogP contribution >= 0.6 is 11.3 Å². The number of amides is 1. The van der Waals surface area contributed by atoms with Gasteiger partial charge in [0.1, 0.15) is 17.2 Å². The van der Waals surface area contributed by atoms with Crippen LogP contribution in [0.4, 0.5) is 5.69 Å². The predicted molar refractivity (Wildman–Crippen MR) is 98.2 cm³/mol. The number of phenols is 2. The van der Waals surface area contributed by atoms with Gasteiger partial charge in [0.2, 0.25) is 0 Å². The highest BCUT2D eigenvalue weighted by Gasteiger charge is 2.23. The Hall–Kier alpha value is -2.53. The second-order valence-electron chi connectivity index (χ2n) is 6.71. The Morgan fingerprint density at radius 2 is 1.79 bits per heavy atom. The molecule has 0 bridgehead atoms. The van der Waals surface area contributed by atoms with Gasteiger partial charge in [0.05, 0.1) is 4.88 Å². The molecule has 0 fully saturated rings. The van der Waals surface area contributed by atoms with Gasteiger partial charge in [0.15, 0.2) is 0 Å². The van der Waals surface area contributed by atoms with E-state index in [0.29, 0.717) is 10.4 Å². The maximum atomic E-state index is 12.5. The fraction of sp³-hybridized carbons (Fsp3) is 0.211. The quantitative estimate of drug-likeness (QED) is 0.583. The van der Waals surface area contributed by atoms with Crippen molar-refractivity contribution in [1.29, 1.82) is 0 Å². The van der Waals surface area contributed by atoms with Crippen LogP contribution in [0.2, 0.25) is 0 Å². The summed E-state index contributed by atoms with van der Waals surface area (Å²) in [5.41, 5.74) is 0.395. The number of nitrogens with one attached hydrogen (secondary N) is 1. The first-order valence-electron chi connectivity index (χ1n) is 7.62. The molecule has 0 unspecified atom stereocenters. The molecule has 0 saturated carbocycles. The molecule has 24 heavy (non-hydrogen) atoms. The monoisotopic (exact) mass is 341 g/mol. The number of anilines is 1. The molecule has 0 atom stereocenters. The molecule has 4 nitrogen and oxygen atoms in total. The molecule has 1 heterocycles. The highest BCUT2D eigenvalue weighted by molar-refractivity contribution is 7.20. The second-order valence-corrected chi connectivity index (χ2v) is 7.79. The molecule has 3 N–H and O–H groups in total. The molecule has 1 amide bonds. The first-order chi connectivity index (χ1) is 11.3. The SMILES string of the molecule is CC(C)(C)c1ccc(O)c(NC(=O)c2cc3ccccc3s2)c1O. The minimum atomic E-state index is -0.354. The van der Waals surface area contributed by atoms with Crippen LogP contribution in [-0.4, -0.2) is 16.1 Å². The number of fused-ring (bicyclic) bond motifs is 1. The summed E-state index contributed by atoms with van der Waals surface area (Å²) >= 11 is 1.37. The maximum Gasteiger partial charge on any atom is 0.265 e. The largest absolute Gasteiger partial charge is 0.506 e. The third kappa shape index (κ3) is 2.95. The molecule has 0 radical (unpaired) electrons. The molecule has 0 saturated heterocycles. The molecular weight excluding hydrogens is 322 g/mol. The summed E-state index contributed by atoms with van der Waals surface area (Å²) in [5.74, 6) is -0.611. The number of hydrogen-bond acceptors (Lipinski definition) is 4. The van der Waals surface area contributed by atoms with Crippen molar-refractivity contribution in [2.45, 2.75) is 26.2 Å². The zero-order valence-corrected chi connectivity index (χ0v) is 14.6. The second kappa shape index (κ2) is 5.83. The molecule has 0 aliphatic carbocycles. The predicted octanol–water partition coefficient (Wildman–Crippen LogP) is 4.86. The lowest BCUT2D eigenvalue weighted by Gasteiger charge is -2.22. The van der Waals surface area contributed by atoms with Crippen molar-refractivity contribution >= 4 is 33.0 Å². The summed E-state index contributed by atoms with van der Waals surface area (Å²) < 4.78 is 1.01. The molecule has 0 aliphatic heterocycles. The van der Waals surface area contributed by atoms with Gasteiger partial charge in [-0.2, -0.15) is 0 Å². The number of rotatable bonds is 2. The average Bonchev–Trinajstić information content (AvgIpc) is 2.94. The van der Waals surface area contributed by atoms with Crippen molar-refractivity contribution < 1.29 is 15.0 Å². The van der Waals surface area contributed by atoms with E-state index < -0.39 is 0 Å². The van der Waals surface area contributed by atoms with Crippen molar-refractivity contribution in [3.8, 4) is 11.5 Å². The van der Waals surface area contributed by atoms with E-state index in [9.17, 15) is 15.0 Å². The highest BCUT2D eigenvalue weighted by Crippen LogP contribution is 2.41. The van der Waals surface area contributed by atoms with Crippen LogP contribution in [0.5, 0.6) is 11.5 Å². The number of benzene rings is 2. The summed E-state index contributed by atoms with van der Waals surface area (Å²) in [4.78, 5) is 13.1. The van der Waals surface area contributed by atoms with Crippen LogP contribution in [0.3, 0.4) is 0 Å². The van der Waals surface area contributed by atoms with E-state index in [4.69, 9.17) is 0 Å². The van der Waals surface area contributed by atoms with Gasteiger partial charge in [-0.05, 0) is 29.0 Å². The molecule has 3 rings (SSSR count). The van der Waals surface area contributed by atoms with Crippen molar-refractivity contribution in [1.82, 2.24) is 0 Å². The Morgan fingerprint density at radius 3 is 2.46 bits per heavy atom. The van der Waals surface area contributed by atoms with Gasteiger partial charge in [0, 0.05) is 10.3 Å². The van der Waals surface area contributed by atoms with Crippen LogP contribution in [0.25, 0.3) is 10.1 Å².